The highest BCUT2D eigenvalue weighted by molar-refractivity contribution is 5.87. The van der Waals surface area contributed by atoms with Crippen molar-refractivity contribution >= 4 is 5.97 Å². The number of nitrogens with zero attached hydrogens (tertiary/aromatic N) is 1. The van der Waals surface area contributed by atoms with Crippen molar-refractivity contribution in [3.63, 3.8) is 0 Å². The first-order valence-electron chi connectivity index (χ1n) is 5.89. The van der Waals surface area contributed by atoms with Crippen molar-refractivity contribution in [3.05, 3.63) is 35.8 Å². The first-order valence-corrected chi connectivity index (χ1v) is 5.89. The molecule has 6 heteroatoms. The molecule has 0 saturated heterocycles. The number of aromatic carboxylic acids is 1. The molecule has 0 spiro atoms. The van der Waals surface area contributed by atoms with E-state index in [9.17, 15) is 9.18 Å². The van der Waals surface area contributed by atoms with E-state index in [1.54, 1.807) is 0 Å². The zero-order valence-electron chi connectivity index (χ0n) is 9.89. The van der Waals surface area contributed by atoms with Gasteiger partial charge in [0, 0.05) is 5.56 Å². The lowest BCUT2D eigenvalue weighted by molar-refractivity contribution is 0.0690. The predicted molar refractivity (Wildman–Crippen MR) is 64.6 cm³/mol. The van der Waals surface area contributed by atoms with Crippen molar-refractivity contribution in [2.24, 2.45) is 0 Å². The number of halogens is 1. The van der Waals surface area contributed by atoms with Crippen LogP contribution < -0.4 is 4.74 Å². The van der Waals surface area contributed by atoms with Crippen molar-refractivity contribution in [2.75, 3.05) is 0 Å². The molecule has 0 amide bonds. The Morgan fingerprint density at radius 1 is 1.42 bits per heavy atom. The molecule has 0 radical (unpaired) electrons. The molecule has 3 rings (SSSR count). The minimum Gasteiger partial charge on any atom is -0.490 e. The summed E-state index contributed by atoms with van der Waals surface area (Å²) in [5.74, 6) is -1.01. The number of hydrogen-bond donors (Lipinski definition) is 2. The third kappa shape index (κ3) is 2.42. The number of carboxylic acids is 1. The van der Waals surface area contributed by atoms with E-state index in [0.717, 1.165) is 12.8 Å². The van der Waals surface area contributed by atoms with Crippen LogP contribution in [0.4, 0.5) is 4.39 Å². The lowest BCUT2D eigenvalue weighted by Gasteiger charge is -2.09. The van der Waals surface area contributed by atoms with E-state index in [1.807, 2.05) is 0 Å². The fourth-order valence-corrected chi connectivity index (χ4v) is 1.74. The number of H-pyrrole nitrogens is 1. The molecule has 1 saturated carbocycles. The van der Waals surface area contributed by atoms with Gasteiger partial charge in [0.05, 0.1) is 11.8 Å². The van der Waals surface area contributed by atoms with Crippen LogP contribution in [0.5, 0.6) is 5.75 Å². The molecule has 1 aromatic heterocycles. The van der Waals surface area contributed by atoms with Crippen LogP contribution >= 0.6 is 0 Å². The van der Waals surface area contributed by atoms with Gasteiger partial charge in [0.25, 0.3) is 0 Å². The fourth-order valence-electron chi connectivity index (χ4n) is 1.74. The Labute approximate surface area is 108 Å². The standard InChI is InChI=1S/C13H11FN2O3/c14-7-1-4-12(19-8-2-3-8)9(5-7)10-6-11(13(17)18)16-15-10/h1,4-6,8H,2-3H2,(H,15,16)(H,17,18). The zero-order valence-corrected chi connectivity index (χ0v) is 9.89. The minimum absolute atomic E-state index is 0.0448. The Hall–Kier alpha value is -2.37. The van der Waals surface area contributed by atoms with Gasteiger partial charge in [-0.3, -0.25) is 5.10 Å². The summed E-state index contributed by atoms with van der Waals surface area (Å²) >= 11 is 0. The van der Waals surface area contributed by atoms with E-state index >= 15 is 0 Å². The Morgan fingerprint density at radius 3 is 2.84 bits per heavy atom. The average molecular weight is 262 g/mol. The second-order valence-electron chi connectivity index (χ2n) is 4.43. The third-order valence-electron chi connectivity index (χ3n) is 2.84. The van der Waals surface area contributed by atoms with Gasteiger partial charge in [0.1, 0.15) is 17.3 Å². The molecular weight excluding hydrogens is 251 g/mol. The zero-order chi connectivity index (χ0) is 13.4. The number of benzene rings is 1. The second kappa shape index (κ2) is 4.38. The van der Waals surface area contributed by atoms with Crippen molar-refractivity contribution < 1.29 is 19.0 Å². The van der Waals surface area contributed by atoms with Gasteiger partial charge < -0.3 is 9.84 Å². The van der Waals surface area contributed by atoms with Gasteiger partial charge in [-0.25, -0.2) is 9.18 Å². The molecule has 0 bridgehead atoms. The van der Waals surface area contributed by atoms with E-state index in [0.29, 0.717) is 17.0 Å². The van der Waals surface area contributed by atoms with Crippen molar-refractivity contribution in [2.45, 2.75) is 18.9 Å². The number of nitrogens with one attached hydrogen (secondary N) is 1. The summed E-state index contributed by atoms with van der Waals surface area (Å²) in [6, 6.07) is 5.50. The lowest BCUT2D eigenvalue weighted by Crippen LogP contribution is -1.98. The normalized spacial score (nSPS) is 14.4. The summed E-state index contributed by atoms with van der Waals surface area (Å²) in [6.45, 7) is 0. The number of aromatic amines is 1. The average Bonchev–Trinajstić information content (AvgIpc) is 3.05. The molecule has 1 fully saturated rings. The van der Waals surface area contributed by atoms with Crippen molar-refractivity contribution in [3.8, 4) is 17.0 Å². The number of ether oxygens (including phenoxy) is 1. The van der Waals surface area contributed by atoms with Crippen molar-refractivity contribution in [1.82, 2.24) is 10.2 Å². The Kier molecular flexibility index (Phi) is 2.70. The van der Waals surface area contributed by atoms with Crippen LogP contribution in [0, 0.1) is 5.82 Å². The molecule has 0 aliphatic heterocycles. The fraction of sp³-hybridized carbons (Fsp3) is 0.231. The summed E-state index contributed by atoms with van der Waals surface area (Å²) < 4.78 is 19.0. The maximum Gasteiger partial charge on any atom is 0.353 e. The van der Waals surface area contributed by atoms with E-state index in [1.165, 1.54) is 24.3 Å². The van der Waals surface area contributed by atoms with Crippen LogP contribution in [0.25, 0.3) is 11.3 Å². The summed E-state index contributed by atoms with van der Waals surface area (Å²) in [5, 5.41) is 15.1. The molecule has 0 unspecified atom stereocenters. The van der Waals surface area contributed by atoms with Gasteiger partial charge in [-0.1, -0.05) is 0 Å². The number of aromatic nitrogens is 2. The number of carboxylic acid groups (broad SMARTS) is 1. The molecule has 1 aliphatic carbocycles. The maximum absolute atomic E-state index is 13.3. The Bertz CT molecular complexity index is 635. The number of rotatable bonds is 4. The van der Waals surface area contributed by atoms with Gasteiger partial charge in [0.15, 0.2) is 0 Å². The molecule has 5 nitrogen and oxygen atoms in total. The van der Waals surface area contributed by atoms with Crippen molar-refractivity contribution in [1.29, 1.82) is 0 Å². The monoisotopic (exact) mass is 262 g/mol. The molecule has 19 heavy (non-hydrogen) atoms. The largest absolute Gasteiger partial charge is 0.490 e. The van der Waals surface area contributed by atoms with Crippen LogP contribution in [-0.2, 0) is 0 Å². The summed E-state index contributed by atoms with van der Waals surface area (Å²) in [5.41, 5.74) is 0.764. The Morgan fingerprint density at radius 2 is 2.21 bits per heavy atom. The first-order chi connectivity index (χ1) is 9.13. The molecule has 98 valence electrons. The highest BCUT2D eigenvalue weighted by Gasteiger charge is 2.25. The van der Waals surface area contributed by atoms with Crippen LogP contribution in [0.1, 0.15) is 23.3 Å². The summed E-state index contributed by atoms with van der Waals surface area (Å²) in [4.78, 5) is 10.8. The van der Waals surface area contributed by atoms with Gasteiger partial charge in [0.2, 0.25) is 0 Å². The number of hydrogen-bond acceptors (Lipinski definition) is 3. The quantitative estimate of drug-likeness (QED) is 0.887. The first kappa shape index (κ1) is 11.7. The van der Waals surface area contributed by atoms with Gasteiger partial charge in [-0.05, 0) is 37.1 Å². The smallest absolute Gasteiger partial charge is 0.353 e. The van der Waals surface area contributed by atoms with Crippen LogP contribution in [-0.4, -0.2) is 27.4 Å². The Balaban J connectivity index is 2.00. The van der Waals surface area contributed by atoms with Gasteiger partial charge >= 0.3 is 5.97 Å². The molecule has 1 aliphatic rings. The van der Waals surface area contributed by atoms with Crippen LogP contribution in [0.2, 0.25) is 0 Å². The highest BCUT2D eigenvalue weighted by atomic mass is 19.1. The molecular formula is C13H11FN2O3. The molecule has 1 heterocycles. The van der Waals surface area contributed by atoms with Gasteiger partial charge in [-0.15, -0.1) is 0 Å². The molecule has 1 aromatic carbocycles. The second-order valence-corrected chi connectivity index (χ2v) is 4.43. The predicted octanol–water partition coefficient (Wildman–Crippen LogP) is 2.46. The maximum atomic E-state index is 13.3. The highest BCUT2D eigenvalue weighted by Crippen LogP contribution is 2.34. The van der Waals surface area contributed by atoms with E-state index in [-0.39, 0.29) is 11.8 Å². The lowest BCUT2D eigenvalue weighted by atomic mass is 10.1. The van der Waals surface area contributed by atoms with E-state index < -0.39 is 11.8 Å². The van der Waals surface area contributed by atoms with Crippen LogP contribution in [0.3, 0.4) is 0 Å². The third-order valence-corrected chi connectivity index (χ3v) is 2.84. The number of carbonyl (C=O) groups is 1. The van der Waals surface area contributed by atoms with E-state index in [4.69, 9.17) is 9.84 Å². The van der Waals surface area contributed by atoms with Crippen LogP contribution in [0.15, 0.2) is 24.3 Å². The molecule has 2 N–H and O–H groups in total. The molecule has 0 atom stereocenters. The minimum atomic E-state index is -1.11. The van der Waals surface area contributed by atoms with Gasteiger partial charge in [-0.2, -0.15) is 5.10 Å². The summed E-state index contributed by atoms with van der Waals surface area (Å²) in [7, 11) is 0. The van der Waals surface area contributed by atoms with E-state index in [2.05, 4.69) is 10.2 Å². The topological polar surface area (TPSA) is 75.2 Å². The SMILES string of the molecule is O=C(O)c1cc(-c2cc(F)ccc2OC2CC2)n[nH]1. The molecule has 2 aromatic rings. The summed E-state index contributed by atoms with van der Waals surface area (Å²) in [6.07, 6.45) is 2.14.